The fraction of sp³-hybridized carbons (Fsp3) is 0.348. The van der Waals surface area contributed by atoms with Crippen molar-refractivity contribution in [3.8, 4) is 5.75 Å². The van der Waals surface area contributed by atoms with Gasteiger partial charge in [0.2, 0.25) is 5.91 Å². The Morgan fingerprint density at radius 1 is 0.950 bits per heavy atom. The minimum Gasteiger partial charge on any atom is -0.494 e. The molecule has 0 fully saturated rings. The number of hydrogen-bond acceptors (Lipinski definition) is 13. The highest BCUT2D eigenvalue weighted by atomic mass is 79.9. The number of nitrogens with zero attached hydrogens (tertiary/aromatic N) is 5. The summed E-state index contributed by atoms with van der Waals surface area (Å²) in [5.41, 5.74) is -0.983. The topological polar surface area (TPSA) is 205 Å². The number of non-ortho nitro benzene ring substituents is 1. The third-order valence-corrected chi connectivity index (χ3v) is 5.87. The van der Waals surface area contributed by atoms with Gasteiger partial charge in [-0.15, -0.1) is 10.2 Å². The van der Waals surface area contributed by atoms with E-state index in [9.17, 15) is 34.6 Å². The second kappa shape index (κ2) is 14.5. The number of ether oxygens (including phenoxy) is 3. The monoisotopic (exact) mass is 624 g/mol. The predicted molar refractivity (Wildman–Crippen MR) is 144 cm³/mol. The van der Waals surface area contributed by atoms with Crippen LogP contribution >= 0.6 is 15.9 Å². The summed E-state index contributed by atoms with van der Waals surface area (Å²) in [4.78, 5) is 58.3. The van der Waals surface area contributed by atoms with Crippen molar-refractivity contribution in [3.63, 3.8) is 0 Å². The van der Waals surface area contributed by atoms with Crippen LogP contribution in [0.4, 0.5) is 34.1 Å². The molecule has 0 unspecified atom stereocenters. The summed E-state index contributed by atoms with van der Waals surface area (Å²) < 4.78 is 14.8. The average molecular weight is 625 g/mol. The highest BCUT2D eigenvalue weighted by Gasteiger charge is 2.24. The van der Waals surface area contributed by atoms with Crippen LogP contribution in [0.15, 0.2) is 39.0 Å². The largest absolute Gasteiger partial charge is 0.494 e. The molecule has 0 bridgehead atoms. The first-order valence-corrected chi connectivity index (χ1v) is 12.1. The molecule has 0 heterocycles. The fourth-order valence-corrected chi connectivity index (χ4v) is 3.89. The standard InChI is InChI=1S/C23H25BrN6O10/c1-13(31)25-16-11-18(28(7-5-21(32)39-3)8-6-22(33)40-4)20(38-2)12-17(16)26-27-23-15(24)9-14(29(34)35)10-19(23)30(36)37/h9-12H,5-8H2,1-4H3,(H,25,31)/b27-26+. The number of azo groups is 1. The van der Waals surface area contributed by atoms with Gasteiger partial charge >= 0.3 is 17.6 Å². The van der Waals surface area contributed by atoms with E-state index in [1.165, 1.54) is 40.4 Å². The maximum absolute atomic E-state index is 12.0. The molecule has 0 atom stereocenters. The highest BCUT2D eigenvalue weighted by Crippen LogP contribution is 2.43. The molecule has 0 saturated carbocycles. The minimum absolute atomic E-state index is 0.0243. The third kappa shape index (κ3) is 8.42. The molecule has 1 N–H and O–H groups in total. The van der Waals surface area contributed by atoms with Crippen LogP contribution in [-0.4, -0.2) is 62.1 Å². The van der Waals surface area contributed by atoms with Crippen LogP contribution < -0.4 is 15.0 Å². The van der Waals surface area contributed by atoms with Gasteiger partial charge < -0.3 is 24.4 Å². The number of hydrogen-bond donors (Lipinski definition) is 1. The zero-order chi connectivity index (χ0) is 30.0. The Labute approximate surface area is 235 Å². The number of nitro groups is 2. The van der Waals surface area contributed by atoms with E-state index >= 15 is 0 Å². The number of amides is 1. The Hall–Kier alpha value is -4.67. The lowest BCUT2D eigenvalue weighted by Gasteiger charge is -2.27. The number of methoxy groups -OCH3 is 3. The van der Waals surface area contributed by atoms with Crippen LogP contribution in [0.1, 0.15) is 19.8 Å². The van der Waals surface area contributed by atoms with Crippen LogP contribution in [0.25, 0.3) is 0 Å². The number of carbonyl (C=O) groups excluding carboxylic acids is 3. The predicted octanol–water partition coefficient (Wildman–Crippen LogP) is 4.58. The highest BCUT2D eigenvalue weighted by molar-refractivity contribution is 9.10. The summed E-state index contributed by atoms with van der Waals surface area (Å²) in [6, 6.07) is 4.65. The fourth-order valence-electron chi connectivity index (χ4n) is 3.37. The van der Waals surface area contributed by atoms with Gasteiger partial charge in [-0.1, -0.05) is 0 Å². The maximum atomic E-state index is 12.0. The summed E-state index contributed by atoms with van der Waals surface area (Å²) >= 11 is 3.06. The maximum Gasteiger partial charge on any atom is 0.307 e. The Balaban J connectivity index is 2.65. The van der Waals surface area contributed by atoms with E-state index < -0.39 is 39.1 Å². The van der Waals surface area contributed by atoms with E-state index in [0.29, 0.717) is 5.69 Å². The van der Waals surface area contributed by atoms with Crippen molar-refractivity contribution < 1.29 is 38.4 Å². The molecule has 16 nitrogen and oxygen atoms in total. The van der Waals surface area contributed by atoms with Gasteiger partial charge in [0, 0.05) is 32.1 Å². The normalized spacial score (nSPS) is 10.6. The number of nitro benzene ring substituents is 2. The Morgan fingerprint density at radius 3 is 2.02 bits per heavy atom. The van der Waals surface area contributed by atoms with Crippen LogP contribution in [0.2, 0.25) is 0 Å². The molecule has 0 aliphatic rings. The van der Waals surface area contributed by atoms with Gasteiger partial charge in [-0.2, -0.15) is 0 Å². The molecule has 2 aromatic rings. The lowest BCUT2D eigenvalue weighted by molar-refractivity contribution is -0.393. The molecule has 0 aliphatic carbocycles. The summed E-state index contributed by atoms with van der Waals surface area (Å²) in [5.74, 6) is -1.27. The van der Waals surface area contributed by atoms with Gasteiger partial charge in [-0.25, -0.2) is 0 Å². The van der Waals surface area contributed by atoms with E-state index in [1.807, 2.05) is 0 Å². The number of anilines is 2. The van der Waals surface area contributed by atoms with Crippen molar-refractivity contribution in [2.45, 2.75) is 19.8 Å². The van der Waals surface area contributed by atoms with Gasteiger partial charge in [-0.3, -0.25) is 34.6 Å². The van der Waals surface area contributed by atoms with E-state index in [1.54, 1.807) is 4.90 Å². The van der Waals surface area contributed by atoms with Gasteiger partial charge in [0.15, 0.2) is 5.69 Å². The van der Waals surface area contributed by atoms with Crippen molar-refractivity contribution in [2.75, 3.05) is 44.6 Å². The second-order valence-electron chi connectivity index (χ2n) is 7.87. The van der Waals surface area contributed by atoms with Gasteiger partial charge in [-0.05, 0) is 22.0 Å². The van der Waals surface area contributed by atoms with Crippen LogP contribution in [-0.2, 0) is 23.9 Å². The van der Waals surface area contributed by atoms with Crippen molar-refractivity contribution in [2.24, 2.45) is 10.2 Å². The molecule has 2 rings (SSSR count). The SMILES string of the molecule is COC(=O)CCN(CCC(=O)OC)c1cc(NC(C)=O)c(/N=N/c2c(Br)cc([N+](=O)[O-])cc2[N+](=O)[O-])cc1OC. The Bertz CT molecular complexity index is 1330. The summed E-state index contributed by atoms with van der Waals surface area (Å²) in [6.07, 6.45) is -0.0643. The van der Waals surface area contributed by atoms with E-state index in [-0.39, 0.29) is 53.2 Å². The molecule has 0 saturated heterocycles. The molecule has 0 aromatic heterocycles. The van der Waals surface area contributed by atoms with Crippen molar-refractivity contribution in [1.82, 2.24) is 0 Å². The summed E-state index contributed by atoms with van der Waals surface area (Å²) in [7, 11) is 3.84. The van der Waals surface area contributed by atoms with Gasteiger partial charge in [0.1, 0.15) is 11.4 Å². The Morgan fingerprint density at radius 2 is 1.55 bits per heavy atom. The number of rotatable bonds is 13. The van der Waals surface area contributed by atoms with Crippen molar-refractivity contribution >= 4 is 67.9 Å². The molecule has 1 amide bonds. The molecule has 40 heavy (non-hydrogen) atoms. The third-order valence-electron chi connectivity index (χ3n) is 5.27. The van der Waals surface area contributed by atoms with Crippen LogP contribution in [0.3, 0.4) is 0 Å². The number of halogens is 1. The van der Waals surface area contributed by atoms with E-state index in [0.717, 1.165) is 12.1 Å². The molecular weight excluding hydrogens is 600 g/mol. The van der Waals surface area contributed by atoms with Gasteiger partial charge in [0.25, 0.3) is 5.69 Å². The Kier molecular flexibility index (Phi) is 11.4. The first kappa shape index (κ1) is 31.5. The average Bonchev–Trinajstić information content (AvgIpc) is 2.91. The molecule has 17 heteroatoms. The molecular formula is C23H25BrN6O10. The molecule has 0 spiro atoms. The summed E-state index contributed by atoms with van der Waals surface area (Å²) in [5, 5.41) is 33.3. The van der Waals surface area contributed by atoms with E-state index in [4.69, 9.17) is 14.2 Å². The second-order valence-corrected chi connectivity index (χ2v) is 8.73. The van der Waals surface area contributed by atoms with Crippen molar-refractivity contribution in [3.05, 3.63) is 49.0 Å². The van der Waals surface area contributed by atoms with Gasteiger partial charge in [0.05, 0.1) is 65.9 Å². The molecule has 214 valence electrons. The number of carbonyl (C=O) groups is 3. The first-order valence-electron chi connectivity index (χ1n) is 11.3. The smallest absolute Gasteiger partial charge is 0.307 e. The minimum atomic E-state index is -0.842. The number of benzene rings is 2. The first-order chi connectivity index (χ1) is 18.9. The molecule has 0 aliphatic heterocycles. The lowest BCUT2D eigenvalue weighted by atomic mass is 10.1. The molecule has 0 radical (unpaired) electrons. The quantitative estimate of drug-likeness (QED) is 0.141. The molecule has 2 aromatic carbocycles. The van der Waals surface area contributed by atoms with Crippen LogP contribution in [0.5, 0.6) is 5.75 Å². The number of nitrogens with one attached hydrogen (secondary N) is 1. The van der Waals surface area contributed by atoms with Crippen LogP contribution in [0, 0.1) is 20.2 Å². The lowest BCUT2D eigenvalue weighted by Crippen LogP contribution is -2.29. The van der Waals surface area contributed by atoms with E-state index in [2.05, 4.69) is 31.5 Å². The van der Waals surface area contributed by atoms with Crippen molar-refractivity contribution in [1.29, 1.82) is 0 Å². The summed E-state index contributed by atoms with van der Waals surface area (Å²) in [6.45, 7) is 1.47. The number of esters is 2. The zero-order valence-corrected chi connectivity index (χ0v) is 23.4. The zero-order valence-electron chi connectivity index (χ0n) is 21.8.